The molecule has 0 fully saturated rings. The van der Waals surface area contributed by atoms with Crippen LogP contribution >= 0.6 is 0 Å². The van der Waals surface area contributed by atoms with Crippen molar-refractivity contribution in [1.82, 2.24) is 0 Å². The molecule has 100 valence electrons. The van der Waals surface area contributed by atoms with Crippen LogP contribution in [0.2, 0.25) is 0 Å². The molecule has 0 radical (unpaired) electrons. The van der Waals surface area contributed by atoms with E-state index >= 15 is 0 Å². The van der Waals surface area contributed by atoms with Gasteiger partial charge in [-0.15, -0.1) is 0 Å². The van der Waals surface area contributed by atoms with Crippen molar-refractivity contribution in [3.05, 3.63) is 80.9 Å². The summed E-state index contributed by atoms with van der Waals surface area (Å²) in [5.74, 6) is 0. The van der Waals surface area contributed by atoms with Gasteiger partial charge in [-0.05, 0) is 0 Å². The first-order valence-electron chi connectivity index (χ1n) is 5.00. The summed E-state index contributed by atoms with van der Waals surface area (Å²) in [4.78, 5) is 19.2. The number of benzene rings is 2. The Morgan fingerprint density at radius 1 is 0.632 bits per heavy atom. The second kappa shape index (κ2) is 8.31. The number of nitro groups is 2. The number of non-ortho nitro benzene ring substituents is 2. The molecule has 19 heavy (non-hydrogen) atoms. The molecule has 2 N–H and O–H groups in total. The van der Waals surface area contributed by atoms with Gasteiger partial charge in [-0.25, -0.2) is 0 Å². The van der Waals surface area contributed by atoms with Crippen LogP contribution in [-0.4, -0.2) is 15.3 Å². The summed E-state index contributed by atoms with van der Waals surface area (Å²) >= 11 is 0. The predicted octanol–water partition coefficient (Wildman–Crippen LogP) is 2.36. The molecule has 0 spiro atoms. The van der Waals surface area contributed by atoms with Crippen LogP contribution in [-0.2, 0) is 0 Å². The first-order chi connectivity index (χ1) is 8.61. The normalized spacial score (nSPS) is 8.42. The number of nitro benzene ring substituents is 2. The summed E-state index contributed by atoms with van der Waals surface area (Å²) in [6.45, 7) is 0. The van der Waals surface area contributed by atoms with Gasteiger partial charge in [0.25, 0.3) is 11.4 Å². The van der Waals surface area contributed by atoms with E-state index in [0.29, 0.717) is 0 Å². The number of para-hydroxylation sites is 2. The smallest absolute Gasteiger partial charge is 0.269 e. The molecule has 0 amide bonds. The Morgan fingerprint density at radius 2 is 0.895 bits per heavy atom. The van der Waals surface area contributed by atoms with Crippen molar-refractivity contribution in [2.45, 2.75) is 0 Å². The predicted molar refractivity (Wildman–Crippen MR) is 69.8 cm³/mol. The van der Waals surface area contributed by atoms with E-state index in [1.54, 1.807) is 36.4 Å². The van der Waals surface area contributed by atoms with E-state index < -0.39 is 9.85 Å². The van der Waals surface area contributed by atoms with Crippen LogP contribution in [0, 0.1) is 20.2 Å². The molecule has 0 heterocycles. The first-order valence-corrected chi connectivity index (χ1v) is 5.00. The second-order valence-electron chi connectivity index (χ2n) is 3.19. The van der Waals surface area contributed by atoms with E-state index in [2.05, 4.69) is 0 Å². The van der Waals surface area contributed by atoms with Gasteiger partial charge in [-0.1, -0.05) is 36.4 Å². The molecule has 0 aliphatic carbocycles. The van der Waals surface area contributed by atoms with E-state index in [1.165, 1.54) is 24.3 Å². The summed E-state index contributed by atoms with van der Waals surface area (Å²) in [6, 6.07) is 15.9. The Bertz CT molecular complexity index is 467. The van der Waals surface area contributed by atoms with E-state index in [4.69, 9.17) is 0 Å². The van der Waals surface area contributed by atoms with Gasteiger partial charge in [0.1, 0.15) is 0 Å². The first kappa shape index (κ1) is 16.2. The van der Waals surface area contributed by atoms with Crippen LogP contribution in [0.25, 0.3) is 0 Å². The maximum atomic E-state index is 10.0. The van der Waals surface area contributed by atoms with Crippen LogP contribution in [0.4, 0.5) is 11.4 Å². The van der Waals surface area contributed by atoms with Crippen molar-refractivity contribution in [2.24, 2.45) is 0 Å². The Kier molecular flexibility index (Phi) is 7.09. The molecule has 0 saturated heterocycles. The Hall–Kier alpha value is -2.80. The Labute approximate surface area is 108 Å². The quantitative estimate of drug-likeness (QED) is 0.610. The Morgan fingerprint density at radius 3 is 1.05 bits per heavy atom. The maximum Gasteiger partial charge on any atom is 0.269 e. The van der Waals surface area contributed by atoms with Crippen LogP contribution in [0.15, 0.2) is 60.7 Å². The molecule has 7 nitrogen and oxygen atoms in total. The largest absolute Gasteiger partial charge is 0.412 e. The van der Waals surface area contributed by atoms with Crippen LogP contribution < -0.4 is 0 Å². The molecule has 0 atom stereocenters. The SMILES string of the molecule is O.O=[N+]([O-])c1ccccc1.O=[N+]([O-])c1ccccc1. The van der Waals surface area contributed by atoms with Crippen molar-refractivity contribution >= 4 is 11.4 Å². The molecule has 2 aromatic carbocycles. The molecule has 0 saturated carbocycles. The highest BCUT2D eigenvalue weighted by molar-refractivity contribution is 5.28. The minimum absolute atomic E-state index is 0. The highest BCUT2D eigenvalue weighted by Gasteiger charge is 1.99. The lowest BCUT2D eigenvalue weighted by Crippen LogP contribution is -1.84. The van der Waals surface area contributed by atoms with Crippen LogP contribution in [0.5, 0.6) is 0 Å². The highest BCUT2D eigenvalue weighted by Crippen LogP contribution is 2.07. The van der Waals surface area contributed by atoms with Crippen molar-refractivity contribution in [1.29, 1.82) is 0 Å². The molecule has 0 aliphatic heterocycles. The zero-order valence-electron chi connectivity index (χ0n) is 9.80. The number of hydrogen-bond acceptors (Lipinski definition) is 4. The second-order valence-corrected chi connectivity index (χ2v) is 3.19. The van der Waals surface area contributed by atoms with Crippen LogP contribution in [0.1, 0.15) is 0 Å². The Balaban J connectivity index is 0.000000324. The van der Waals surface area contributed by atoms with Gasteiger partial charge in [0.05, 0.1) is 9.85 Å². The fourth-order valence-electron chi connectivity index (χ4n) is 1.10. The maximum absolute atomic E-state index is 10.0. The molecule has 0 bridgehead atoms. The van der Waals surface area contributed by atoms with Gasteiger partial charge in [0, 0.05) is 24.3 Å². The molecule has 2 aromatic rings. The van der Waals surface area contributed by atoms with Gasteiger partial charge in [0.15, 0.2) is 0 Å². The molecule has 0 unspecified atom stereocenters. The summed E-state index contributed by atoms with van der Waals surface area (Å²) in [6.07, 6.45) is 0. The zero-order valence-corrected chi connectivity index (χ0v) is 9.80. The average Bonchev–Trinajstić information content (AvgIpc) is 2.41. The number of nitrogens with zero attached hydrogens (tertiary/aromatic N) is 2. The minimum atomic E-state index is -0.417. The highest BCUT2D eigenvalue weighted by atomic mass is 16.6. The van der Waals surface area contributed by atoms with Gasteiger partial charge in [-0.3, -0.25) is 20.2 Å². The summed E-state index contributed by atoms with van der Waals surface area (Å²) in [5.41, 5.74) is 0.273. The van der Waals surface area contributed by atoms with Gasteiger partial charge in [-0.2, -0.15) is 0 Å². The fraction of sp³-hybridized carbons (Fsp3) is 0. The molecule has 0 aliphatic rings. The third-order valence-electron chi connectivity index (χ3n) is 1.93. The van der Waals surface area contributed by atoms with Gasteiger partial charge >= 0.3 is 0 Å². The summed E-state index contributed by atoms with van der Waals surface area (Å²) in [5, 5.41) is 20.0. The lowest BCUT2D eigenvalue weighted by molar-refractivity contribution is -0.385. The molecule has 7 heteroatoms. The standard InChI is InChI=1S/2C6H5NO2.H2O/c2*8-7(9)6-4-2-1-3-5-6;/h2*1-5H;1H2. The van der Waals surface area contributed by atoms with Crippen molar-refractivity contribution in [3.8, 4) is 0 Å². The zero-order chi connectivity index (χ0) is 13.4. The van der Waals surface area contributed by atoms with E-state index in [-0.39, 0.29) is 16.9 Å². The minimum Gasteiger partial charge on any atom is -0.412 e. The monoisotopic (exact) mass is 264 g/mol. The van der Waals surface area contributed by atoms with Gasteiger partial charge < -0.3 is 5.48 Å². The molecule has 0 aromatic heterocycles. The third-order valence-corrected chi connectivity index (χ3v) is 1.93. The van der Waals surface area contributed by atoms with Gasteiger partial charge in [0.2, 0.25) is 0 Å². The van der Waals surface area contributed by atoms with E-state index in [0.717, 1.165) is 0 Å². The number of rotatable bonds is 2. The van der Waals surface area contributed by atoms with Crippen LogP contribution in [0.3, 0.4) is 0 Å². The van der Waals surface area contributed by atoms with E-state index in [9.17, 15) is 20.2 Å². The third kappa shape index (κ3) is 5.89. The fourth-order valence-corrected chi connectivity index (χ4v) is 1.10. The topological polar surface area (TPSA) is 118 Å². The molecular weight excluding hydrogens is 252 g/mol. The average molecular weight is 264 g/mol. The lowest BCUT2D eigenvalue weighted by atomic mass is 10.3. The lowest BCUT2D eigenvalue weighted by Gasteiger charge is -1.85. The van der Waals surface area contributed by atoms with Crippen molar-refractivity contribution in [2.75, 3.05) is 0 Å². The number of hydrogen-bond donors (Lipinski definition) is 0. The molecule has 2 rings (SSSR count). The summed E-state index contributed by atoms with van der Waals surface area (Å²) < 4.78 is 0. The van der Waals surface area contributed by atoms with E-state index in [1.807, 2.05) is 0 Å². The van der Waals surface area contributed by atoms with Crippen molar-refractivity contribution < 1.29 is 15.3 Å². The molecular formula is C12H12N2O5. The summed E-state index contributed by atoms with van der Waals surface area (Å²) in [7, 11) is 0. The van der Waals surface area contributed by atoms with Crippen molar-refractivity contribution in [3.63, 3.8) is 0 Å².